The molecule has 0 amide bonds. The molecule has 0 atom stereocenters. The van der Waals surface area contributed by atoms with Crippen LogP contribution in [0.3, 0.4) is 0 Å². The number of halogens is 3. The summed E-state index contributed by atoms with van der Waals surface area (Å²) < 4.78 is 34.7. The number of benzene rings is 1. The van der Waals surface area contributed by atoms with Crippen LogP contribution in [0.25, 0.3) is 11.5 Å². The van der Waals surface area contributed by atoms with Gasteiger partial charge in [0.15, 0.2) is 5.82 Å². The standard InChI is InChI=1S/C21H20ClF2N5O3/c1-2-8-28-18-14(11-16(22)25-18)20(30)29(21(28)31)9-4-3-5-17-26-19(32-27-17)13-7-6-12(23)10-15(13)24/h6-7,10H,2-5,8-9,11H2,1H3. The van der Waals surface area contributed by atoms with Gasteiger partial charge in [-0.05, 0) is 31.4 Å². The van der Waals surface area contributed by atoms with Crippen molar-refractivity contribution in [2.75, 3.05) is 0 Å². The summed E-state index contributed by atoms with van der Waals surface area (Å²) in [5.41, 5.74) is -0.316. The molecule has 0 unspecified atom stereocenters. The van der Waals surface area contributed by atoms with Gasteiger partial charge in [0.25, 0.3) is 11.4 Å². The number of unbranched alkanes of at least 4 members (excludes halogenated alkanes) is 1. The predicted octanol–water partition coefficient (Wildman–Crippen LogP) is 3.60. The second-order valence-corrected chi connectivity index (χ2v) is 7.89. The van der Waals surface area contributed by atoms with Crippen LogP contribution in [0.1, 0.15) is 37.6 Å². The maximum atomic E-state index is 13.9. The van der Waals surface area contributed by atoms with Crippen molar-refractivity contribution in [2.24, 2.45) is 4.99 Å². The van der Waals surface area contributed by atoms with Crippen LogP contribution in [0.15, 0.2) is 37.3 Å². The van der Waals surface area contributed by atoms with Crippen molar-refractivity contribution in [3.63, 3.8) is 0 Å². The number of aromatic nitrogens is 4. The first-order chi connectivity index (χ1) is 15.4. The van der Waals surface area contributed by atoms with Crippen LogP contribution >= 0.6 is 11.6 Å². The van der Waals surface area contributed by atoms with Crippen LogP contribution in [-0.4, -0.2) is 24.4 Å². The van der Waals surface area contributed by atoms with Gasteiger partial charge in [0.05, 0.1) is 11.1 Å². The topological polar surface area (TPSA) is 95.3 Å². The zero-order valence-corrected chi connectivity index (χ0v) is 18.0. The number of fused-ring (bicyclic) bond motifs is 1. The zero-order chi connectivity index (χ0) is 22.8. The van der Waals surface area contributed by atoms with Crippen molar-refractivity contribution < 1.29 is 13.3 Å². The van der Waals surface area contributed by atoms with Gasteiger partial charge < -0.3 is 4.52 Å². The summed E-state index contributed by atoms with van der Waals surface area (Å²) in [4.78, 5) is 33.9. The van der Waals surface area contributed by atoms with E-state index in [1.54, 1.807) is 0 Å². The molecule has 0 saturated carbocycles. The van der Waals surface area contributed by atoms with Crippen molar-refractivity contribution in [2.45, 2.75) is 52.1 Å². The maximum Gasteiger partial charge on any atom is 0.332 e. The molecule has 3 heterocycles. The summed E-state index contributed by atoms with van der Waals surface area (Å²) in [6.07, 6.45) is 2.43. The van der Waals surface area contributed by atoms with E-state index < -0.39 is 17.3 Å². The zero-order valence-electron chi connectivity index (χ0n) is 17.3. The first kappa shape index (κ1) is 22.1. The Hall–Kier alpha value is -3.14. The third-order valence-corrected chi connectivity index (χ3v) is 5.37. The molecule has 0 saturated heterocycles. The molecule has 2 aromatic heterocycles. The lowest BCUT2D eigenvalue weighted by Crippen LogP contribution is -2.41. The average molecular weight is 464 g/mol. The van der Waals surface area contributed by atoms with E-state index in [-0.39, 0.29) is 30.0 Å². The Labute approximate surface area is 186 Å². The number of hydrogen-bond donors (Lipinski definition) is 0. The van der Waals surface area contributed by atoms with Crippen LogP contribution in [0.2, 0.25) is 0 Å². The molecule has 0 bridgehead atoms. The van der Waals surface area contributed by atoms with Crippen molar-refractivity contribution in [1.82, 2.24) is 19.3 Å². The normalized spacial score (nSPS) is 12.8. The monoisotopic (exact) mass is 463 g/mol. The average Bonchev–Trinajstić information content (AvgIpc) is 3.37. The van der Waals surface area contributed by atoms with Crippen molar-refractivity contribution in [3.8, 4) is 11.5 Å². The molecule has 3 aromatic rings. The van der Waals surface area contributed by atoms with Gasteiger partial charge in [-0.3, -0.25) is 13.9 Å². The lowest BCUT2D eigenvalue weighted by Gasteiger charge is -2.13. The third-order valence-electron chi connectivity index (χ3n) is 5.15. The fraction of sp³-hybridized carbons (Fsp3) is 0.381. The SMILES string of the molecule is CCCn1c2c(c(=O)n(CCCCc3noc(-c4ccc(F)cc4F)n3)c1=O)CC(Cl)=N2. The molecule has 11 heteroatoms. The minimum Gasteiger partial charge on any atom is -0.334 e. The van der Waals surface area contributed by atoms with E-state index in [2.05, 4.69) is 15.1 Å². The van der Waals surface area contributed by atoms with Crippen molar-refractivity contribution >= 4 is 22.6 Å². The molecule has 0 aliphatic carbocycles. The highest BCUT2D eigenvalue weighted by molar-refractivity contribution is 6.66. The Balaban J connectivity index is 1.44. The van der Waals surface area contributed by atoms with Crippen LogP contribution in [0.4, 0.5) is 14.6 Å². The second-order valence-electron chi connectivity index (χ2n) is 7.46. The molecule has 0 radical (unpaired) electrons. The smallest absolute Gasteiger partial charge is 0.332 e. The molecule has 0 N–H and O–H groups in total. The molecule has 0 fully saturated rings. The number of nitrogens with zero attached hydrogens (tertiary/aromatic N) is 5. The van der Waals surface area contributed by atoms with Crippen molar-refractivity contribution in [3.05, 3.63) is 62.1 Å². The minimum atomic E-state index is -0.788. The summed E-state index contributed by atoms with van der Waals surface area (Å²) in [5, 5.41) is 4.12. The van der Waals surface area contributed by atoms with Crippen molar-refractivity contribution in [1.29, 1.82) is 0 Å². The number of rotatable bonds is 8. The molecule has 32 heavy (non-hydrogen) atoms. The van der Waals surface area contributed by atoms with Crippen LogP contribution < -0.4 is 11.2 Å². The highest BCUT2D eigenvalue weighted by Crippen LogP contribution is 2.24. The molecule has 0 spiro atoms. The van der Waals surface area contributed by atoms with Gasteiger partial charge >= 0.3 is 5.69 Å². The molecule has 1 aromatic carbocycles. The van der Waals surface area contributed by atoms with E-state index in [0.29, 0.717) is 54.6 Å². The summed E-state index contributed by atoms with van der Waals surface area (Å²) in [5.74, 6) is -0.807. The Morgan fingerprint density at radius 2 is 1.97 bits per heavy atom. The molecule has 168 valence electrons. The highest BCUT2D eigenvalue weighted by atomic mass is 35.5. The van der Waals surface area contributed by atoms with E-state index in [9.17, 15) is 18.4 Å². The van der Waals surface area contributed by atoms with Crippen LogP contribution in [-0.2, 0) is 25.9 Å². The van der Waals surface area contributed by atoms with Crippen LogP contribution in [0, 0.1) is 11.6 Å². The van der Waals surface area contributed by atoms with E-state index in [1.165, 1.54) is 15.2 Å². The molecular weight excluding hydrogens is 444 g/mol. The van der Waals surface area contributed by atoms with Gasteiger partial charge in [0.2, 0.25) is 0 Å². The first-order valence-electron chi connectivity index (χ1n) is 10.3. The van der Waals surface area contributed by atoms with E-state index in [4.69, 9.17) is 16.1 Å². The van der Waals surface area contributed by atoms with Gasteiger partial charge in [0.1, 0.15) is 22.6 Å². The minimum absolute atomic E-state index is 0.0206. The molecule has 4 rings (SSSR count). The largest absolute Gasteiger partial charge is 0.334 e. The van der Waals surface area contributed by atoms with E-state index in [0.717, 1.165) is 12.1 Å². The fourth-order valence-corrected chi connectivity index (χ4v) is 3.84. The quantitative estimate of drug-likeness (QED) is 0.476. The van der Waals surface area contributed by atoms with E-state index >= 15 is 0 Å². The van der Waals surface area contributed by atoms with Gasteiger partial charge in [-0.15, -0.1) is 0 Å². The highest BCUT2D eigenvalue weighted by Gasteiger charge is 2.24. The molecular formula is C21H20ClF2N5O3. The summed E-state index contributed by atoms with van der Waals surface area (Å²) in [6.45, 7) is 2.61. The summed E-state index contributed by atoms with van der Waals surface area (Å²) >= 11 is 6.01. The van der Waals surface area contributed by atoms with Gasteiger partial charge in [-0.1, -0.05) is 23.7 Å². The molecule has 8 nitrogen and oxygen atoms in total. The van der Waals surface area contributed by atoms with Gasteiger partial charge in [0, 0.05) is 32.0 Å². The van der Waals surface area contributed by atoms with E-state index in [1.807, 2.05) is 6.92 Å². The lowest BCUT2D eigenvalue weighted by molar-refractivity contribution is 0.418. The number of aryl methyl sites for hydroxylation is 1. The Morgan fingerprint density at radius 3 is 2.72 bits per heavy atom. The summed E-state index contributed by atoms with van der Waals surface area (Å²) in [6, 6.07) is 3.09. The Bertz CT molecular complexity index is 1310. The number of aliphatic imine (C=N–C) groups is 1. The second kappa shape index (κ2) is 9.15. The lowest BCUT2D eigenvalue weighted by atomic mass is 10.2. The Morgan fingerprint density at radius 1 is 1.16 bits per heavy atom. The number of hydrogen-bond acceptors (Lipinski definition) is 6. The van der Waals surface area contributed by atoms with Gasteiger partial charge in [-0.2, -0.15) is 4.98 Å². The van der Waals surface area contributed by atoms with Crippen LogP contribution in [0.5, 0.6) is 0 Å². The Kier molecular flexibility index (Phi) is 6.31. The maximum absolute atomic E-state index is 13.9. The predicted molar refractivity (Wildman–Crippen MR) is 114 cm³/mol. The first-order valence-corrected chi connectivity index (χ1v) is 10.6. The fourth-order valence-electron chi connectivity index (χ4n) is 3.63. The van der Waals surface area contributed by atoms with Gasteiger partial charge in [-0.25, -0.2) is 18.6 Å². The molecule has 1 aliphatic rings. The molecule has 1 aliphatic heterocycles. The third kappa shape index (κ3) is 4.27. The summed E-state index contributed by atoms with van der Waals surface area (Å²) in [7, 11) is 0.